The molecule has 1 heterocycles. The first-order valence-corrected chi connectivity index (χ1v) is 21.3. The lowest BCUT2D eigenvalue weighted by molar-refractivity contribution is 1.20. The second kappa shape index (κ2) is 13.7. The zero-order valence-electron chi connectivity index (χ0n) is 33.7. The van der Waals surface area contributed by atoms with Crippen LogP contribution >= 0.6 is 0 Å². The van der Waals surface area contributed by atoms with Crippen molar-refractivity contribution in [3.63, 3.8) is 0 Å². The van der Waals surface area contributed by atoms with E-state index in [-0.39, 0.29) is 0 Å². The van der Waals surface area contributed by atoms with Crippen molar-refractivity contribution in [2.24, 2.45) is 0 Å². The van der Waals surface area contributed by atoms with E-state index in [9.17, 15) is 0 Å². The third kappa shape index (κ3) is 5.17. The van der Waals surface area contributed by atoms with Gasteiger partial charge in [0.2, 0.25) is 0 Å². The number of benzene rings is 11. The van der Waals surface area contributed by atoms with Crippen molar-refractivity contribution < 1.29 is 0 Å². The molecule has 0 bridgehead atoms. The molecule has 0 saturated heterocycles. The van der Waals surface area contributed by atoms with E-state index >= 15 is 0 Å². The molecule has 1 aliphatic rings. The molecule has 0 aliphatic heterocycles. The summed E-state index contributed by atoms with van der Waals surface area (Å²) in [6, 6.07) is 79.3. The molecule has 1 aliphatic carbocycles. The average molecular weight is 785 g/mol. The van der Waals surface area contributed by atoms with Gasteiger partial charge < -0.3 is 0 Å². The molecule has 2 heteroatoms. The van der Waals surface area contributed by atoms with Crippen LogP contribution in [0.25, 0.3) is 133 Å². The van der Waals surface area contributed by atoms with E-state index in [1.165, 1.54) is 93.2 Å². The minimum atomic E-state index is 0.723. The molecule has 0 spiro atoms. The first kappa shape index (κ1) is 34.6. The van der Waals surface area contributed by atoms with Gasteiger partial charge in [0.25, 0.3) is 0 Å². The Morgan fingerprint density at radius 2 is 0.694 bits per heavy atom. The van der Waals surface area contributed by atoms with Crippen molar-refractivity contribution in [1.29, 1.82) is 0 Å². The lowest BCUT2D eigenvalue weighted by Gasteiger charge is -2.22. The number of nitrogens with zero attached hydrogens (tertiary/aromatic N) is 2. The van der Waals surface area contributed by atoms with Crippen molar-refractivity contribution in [3.05, 3.63) is 218 Å². The van der Waals surface area contributed by atoms with Gasteiger partial charge in [-0.3, -0.25) is 0 Å². The van der Waals surface area contributed by atoms with E-state index in [1.807, 2.05) is 0 Å². The summed E-state index contributed by atoms with van der Waals surface area (Å²) < 4.78 is 0. The van der Waals surface area contributed by atoms with Crippen LogP contribution in [-0.2, 0) is 0 Å². The minimum absolute atomic E-state index is 0.723. The molecule has 0 atom stereocenters. The Labute approximate surface area is 359 Å². The smallest absolute Gasteiger partial charge is 0.160 e. The number of hydrogen-bond donors (Lipinski definition) is 0. The van der Waals surface area contributed by atoms with Gasteiger partial charge in [0.15, 0.2) is 5.82 Å². The summed E-state index contributed by atoms with van der Waals surface area (Å²) in [4.78, 5) is 11.1. The van der Waals surface area contributed by atoms with Crippen LogP contribution in [0, 0.1) is 0 Å². The molecule has 12 aromatic rings. The van der Waals surface area contributed by atoms with Gasteiger partial charge in [0.05, 0.1) is 11.4 Å². The predicted molar refractivity (Wildman–Crippen MR) is 260 cm³/mol. The van der Waals surface area contributed by atoms with Crippen molar-refractivity contribution in [1.82, 2.24) is 9.97 Å². The number of fused-ring (bicyclic) bond motifs is 3. The maximum Gasteiger partial charge on any atom is 0.160 e. The lowest BCUT2D eigenvalue weighted by atomic mass is 9.82. The van der Waals surface area contributed by atoms with Crippen molar-refractivity contribution in [2.75, 3.05) is 0 Å². The van der Waals surface area contributed by atoms with Crippen molar-refractivity contribution in [3.8, 4) is 89.5 Å². The fourth-order valence-electron chi connectivity index (χ4n) is 10.3. The van der Waals surface area contributed by atoms with Crippen LogP contribution in [0.1, 0.15) is 0 Å². The highest BCUT2D eigenvalue weighted by Crippen LogP contribution is 2.54. The quantitative estimate of drug-likeness (QED) is 0.157. The van der Waals surface area contributed by atoms with E-state index < -0.39 is 0 Å². The molecule has 62 heavy (non-hydrogen) atoms. The molecule has 0 fully saturated rings. The standard InChI is InChI=1S/C60H36N2/c1-4-16-37(17-5-1)42-24-10-12-26-44(42)46-32-30-40-31-33-48-52(45-27-13-11-25-43(45)38-18-6-2-7-19-38)36-53(49-35-34-47(46)55(40)56(48)49)59-57-50-28-14-22-39-23-15-29-51(54(39)50)58(57)61-60(62-59)41-20-8-3-9-21-41/h1-36H. The molecule has 0 N–H and O–H groups in total. The summed E-state index contributed by atoms with van der Waals surface area (Å²) in [6.07, 6.45) is 0. The number of aromatic nitrogens is 2. The van der Waals surface area contributed by atoms with Crippen molar-refractivity contribution >= 4 is 43.1 Å². The molecule has 286 valence electrons. The van der Waals surface area contributed by atoms with Crippen LogP contribution < -0.4 is 0 Å². The highest BCUT2D eigenvalue weighted by Gasteiger charge is 2.30. The minimum Gasteiger partial charge on any atom is -0.227 e. The molecule has 0 unspecified atom stereocenters. The predicted octanol–water partition coefficient (Wildman–Crippen LogP) is 16.2. The van der Waals surface area contributed by atoms with E-state index in [0.717, 1.165) is 39.5 Å². The summed E-state index contributed by atoms with van der Waals surface area (Å²) >= 11 is 0. The molecule has 0 amide bonds. The van der Waals surface area contributed by atoms with E-state index in [1.54, 1.807) is 0 Å². The van der Waals surface area contributed by atoms with Gasteiger partial charge >= 0.3 is 0 Å². The monoisotopic (exact) mass is 784 g/mol. The summed E-state index contributed by atoms with van der Waals surface area (Å²) in [5.41, 5.74) is 17.1. The molecule has 2 nitrogen and oxygen atoms in total. The van der Waals surface area contributed by atoms with Crippen LogP contribution in [0.2, 0.25) is 0 Å². The Morgan fingerprint density at radius 3 is 1.34 bits per heavy atom. The van der Waals surface area contributed by atoms with E-state index in [2.05, 4.69) is 218 Å². The average Bonchev–Trinajstić information content (AvgIpc) is 3.68. The molecule has 13 rings (SSSR count). The molecule has 1 aromatic heterocycles. The fraction of sp³-hybridized carbons (Fsp3) is 0. The largest absolute Gasteiger partial charge is 0.227 e. The Morgan fingerprint density at radius 1 is 0.242 bits per heavy atom. The van der Waals surface area contributed by atoms with E-state index in [0.29, 0.717) is 0 Å². The highest BCUT2D eigenvalue weighted by molar-refractivity contribution is 6.31. The van der Waals surface area contributed by atoms with Gasteiger partial charge in [0, 0.05) is 22.3 Å². The van der Waals surface area contributed by atoms with Crippen LogP contribution in [0.4, 0.5) is 0 Å². The third-order valence-electron chi connectivity index (χ3n) is 13.0. The SMILES string of the molecule is c1ccc(-c2nc(-c3cc(-c4ccccc4-c4ccccc4)c4ccc5ccc(-c6ccccc6-c6ccccc6)c6ccc3c4c56)c3c(n2)-c2cccc4cccc-3c24)cc1. The molecular weight excluding hydrogens is 749 g/mol. The maximum absolute atomic E-state index is 5.65. The van der Waals surface area contributed by atoms with Gasteiger partial charge in [-0.1, -0.05) is 212 Å². The number of rotatable bonds is 6. The first-order chi connectivity index (χ1) is 30.8. The molecule has 0 radical (unpaired) electrons. The Bertz CT molecular complexity index is 3720. The van der Waals surface area contributed by atoms with Crippen LogP contribution in [-0.4, -0.2) is 9.97 Å². The van der Waals surface area contributed by atoms with Gasteiger partial charge in [0.1, 0.15) is 0 Å². The Balaban J connectivity index is 1.18. The third-order valence-corrected chi connectivity index (χ3v) is 13.0. The Hall–Kier alpha value is -8.20. The summed E-state index contributed by atoms with van der Waals surface area (Å²) in [6.45, 7) is 0. The molecule has 0 saturated carbocycles. The molecular formula is C60H36N2. The van der Waals surface area contributed by atoms with Crippen molar-refractivity contribution in [2.45, 2.75) is 0 Å². The fourth-order valence-corrected chi connectivity index (χ4v) is 10.3. The zero-order chi connectivity index (χ0) is 40.7. The topological polar surface area (TPSA) is 25.8 Å². The number of hydrogen-bond acceptors (Lipinski definition) is 2. The molecule has 11 aromatic carbocycles. The summed E-state index contributed by atoms with van der Waals surface area (Å²) in [5.74, 6) is 0.723. The first-order valence-electron chi connectivity index (χ1n) is 21.3. The lowest BCUT2D eigenvalue weighted by Crippen LogP contribution is -2.00. The second-order valence-electron chi connectivity index (χ2n) is 16.3. The second-order valence-corrected chi connectivity index (χ2v) is 16.3. The summed E-state index contributed by atoms with van der Waals surface area (Å²) in [5, 5.41) is 9.80. The maximum atomic E-state index is 5.65. The normalized spacial score (nSPS) is 11.9. The van der Waals surface area contributed by atoms with Gasteiger partial charge in [-0.25, -0.2) is 9.97 Å². The van der Waals surface area contributed by atoms with E-state index in [4.69, 9.17) is 9.97 Å². The van der Waals surface area contributed by atoms with Gasteiger partial charge in [-0.05, 0) is 99.2 Å². The van der Waals surface area contributed by atoms with Gasteiger partial charge in [-0.15, -0.1) is 0 Å². The van der Waals surface area contributed by atoms with Crippen LogP contribution in [0.3, 0.4) is 0 Å². The van der Waals surface area contributed by atoms with Crippen LogP contribution in [0.5, 0.6) is 0 Å². The highest BCUT2D eigenvalue weighted by atomic mass is 14.9. The zero-order valence-corrected chi connectivity index (χ0v) is 33.7. The van der Waals surface area contributed by atoms with Gasteiger partial charge in [-0.2, -0.15) is 0 Å². The van der Waals surface area contributed by atoms with Crippen LogP contribution in [0.15, 0.2) is 218 Å². The Kier molecular flexibility index (Phi) is 7.64. The summed E-state index contributed by atoms with van der Waals surface area (Å²) in [7, 11) is 0.